The Morgan fingerprint density at radius 3 is 3.00 bits per heavy atom. The number of nitrogens with one attached hydrogen (secondary N) is 2. The minimum absolute atomic E-state index is 0.116. The van der Waals surface area contributed by atoms with Gasteiger partial charge in [0.15, 0.2) is 0 Å². The van der Waals surface area contributed by atoms with Crippen LogP contribution >= 0.6 is 15.9 Å². The number of halogens is 2. The molecule has 1 aliphatic heterocycles. The van der Waals surface area contributed by atoms with Crippen molar-refractivity contribution in [2.45, 2.75) is 38.1 Å². The normalized spacial score (nSPS) is 30.5. The van der Waals surface area contributed by atoms with Crippen LogP contribution in [0.25, 0.3) is 0 Å². The molecular weight excluding hydrogens is 295 g/mol. The number of fused-ring (bicyclic) bond motifs is 1. The number of anilines is 2. The van der Waals surface area contributed by atoms with Gasteiger partial charge in [-0.3, -0.25) is 0 Å². The van der Waals surface area contributed by atoms with Gasteiger partial charge in [-0.1, -0.05) is 19.8 Å². The van der Waals surface area contributed by atoms with Gasteiger partial charge in [-0.15, -0.1) is 0 Å². The van der Waals surface area contributed by atoms with Gasteiger partial charge in [0.25, 0.3) is 0 Å². The topological polar surface area (TPSA) is 24.1 Å². The molecule has 1 aromatic rings. The van der Waals surface area contributed by atoms with Crippen LogP contribution in [0.1, 0.15) is 32.6 Å². The fourth-order valence-corrected chi connectivity index (χ4v) is 3.67. The van der Waals surface area contributed by atoms with Gasteiger partial charge in [-0.25, -0.2) is 4.39 Å². The van der Waals surface area contributed by atoms with Crippen molar-refractivity contribution < 1.29 is 4.39 Å². The fraction of sp³-hybridized carbons (Fsp3) is 0.571. The highest BCUT2D eigenvalue weighted by Gasteiger charge is 2.37. The van der Waals surface area contributed by atoms with Crippen molar-refractivity contribution in [3.63, 3.8) is 0 Å². The summed E-state index contributed by atoms with van der Waals surface area (Å²) >= 11 is 3.23. The molecule has 1 spiro atoms. The second-order valence-electron chi connectivity index (χ2n) is 5.77. The Morgan fingerprint density at radius 1 is 1.39 bits per heavy atom. The Morgan fingerprint density at radius 2 is 2.22 bits per heavy atom. The van der Waals surface area contributed by atoms with E-state index < -0.39 is 0 Å². The third-order valence-electron chi connectivity index (χ3n) is 4.17. The van der Waals surface area contributed by atoms with Gasteiger partial charge in [0.05, 0.1) is 21.4 Å². The molecule has 1 fully saturated rings. The van der Waals surface area contributed by atoms with E-state index in [1.807, 2.05) is 6.07 Å². The van der Waals surface area contributed by atoms with E-state index in [0.717, 1.165) is 30.3 Å². The molecule has 1 saturated carbocycles. The average Bonchev–Trinajstić information content (AvgIpc) is 2.31. The molecule has 1 aliphatic carbocycles. The van der Waals surface area contributed by atoms with Crippen molar-refractivity contribution in [1.29, 1.82) is 0 Å². The molecule has 98 valence electrons. The van der Waals surface area contributed by atoms with Crippen molar-refractivity contribution in [3.8, 4) is 0 Å². The minimum Gasteiger partial charge on any atom is -0.381 e. The highest BCUT2D eigenvalue weighted by atomic mass is 79.9. The molecule has 0 saturated heterocycles. The molecular formula is C14H18BrFN2. The molecule has 4 heteroatoms. The van der Waals surface area contributed by atoms with Crippen molar-refractivity contribution >= 4 is 27.3 Å². The van der Waals surface area contributed by atoms with Crippen molar-refractivity contribution in [3.05, 3.63) is 22.4 Å². The van der Waals surface area contributed by atoms with Crippen molar-refractivity contribution in [2.75, 3.05) is 17.2 Å². The van der Waals surface area contributed by atoms with Gasteiger partial charge >= 0.3 is 0 Å². The molecule has 0 aromatic heterocycles. The first-order valence-corrected chi connectivity index (χ1v) is 7.38. The SMILES string of the molecule is CC1CCCC2(CNc3cc(Br)c(F)cc3N2)C1. The van der Waals surface area contributed by atoms with Gasteiger partial charge in [0.1, 0.15) is 5.82 Å². The summed E-state index contributed by atoms with van der Waals surface area (Å²) in [5, 5.41) is 7.04. The van der Waals surface area contributed by atoms with Crippen LogP contribution in [0, 0.1) is 11.7 Å². The summed E-state index contributed by atoms with van der Waals surface area (Å²) in [7, 11) is 0. The van der Waals surface area contributed by atoms with Gasteiger partial charge < -0.3 is 10.6 Å². The molecule has 1 aromatic carbocycles. The van der Waals surface area contributed by atoms with Crippen LogP contribution in [-0.4, -0.2) is 12.1 Å². The molecule has 0 amide bonds. The van der Waals surface area contributed by atoms with E-state index >= 15 is 0 Å². The van der Waals surface area contributed by atoms with E-state index in [4.69, 9.17) is 0 Å². The summed E-state index contributed by atoms with van der Waals surface area (Å²) in [5.41, 5.74) is 2.01. The lowest BCUT2D eigenvalue weighted by molar-refractivity contribution is 0.266. The second-order valence-corrected chi connectivity index (χ2v) is 6.63. The van der Waals surface area contributed by atoms with E-state index in [9.17, 15) is 4.39 Å². The predicted octanol–water partition coefficient (Wildman–Crippen LogP) is 4.37. The Balaban J connectivity index is 1.90. The Labute approximate surface area is 115 Å². The van der Waals surface area contributed by atoms with E-state index in [1.165, 1.54) is 19.3 Å². The van der Waals surface area contributed by atoms with E-state index in [-0.39, 0.29) is 11.4 Å². The van der Waals surface area contributed by atoms with Crippen LogP contribution < -0.4 is 10.6 Å². The molecule has 2 unspecified atom stereocenters. The molecule has 2 atom stereocenters. The predicted molar refractivity (Wildman–Crippen MR) is 76.6 cm³/mol. The van der Waals surface area contributed by atoms with E-state index in [1.54, 1.807) is 6.07 Å². The van der Waals surface area contributed by atoms with Crippen LogP contribution in [0.5, 0.6) is 0 Å². The molecule has 3 rings (SSSR count). The highest BCUT2D eigenvalue weighted by Crippen LogP contribution is 2.41. The molecule has 2 aliphatic rings. The van der Waals surface area contributed by atoms with Crippen LogP contribution in [0.15, 0.2) is 16.6 Å². The third kappa shape index (κ3) is 2.11. The Hall–Kier alpha value is -0.770. The zero-order chi connectivity index (χ0) is 12.8. The maximum Gasteiger partial charge on any atom is 0.139 e. The molecule has 2 N–H and O–H groups in total. The number of hydrogen-bond donors (Lipinski definition) is 2. The summed E-state index contributed by atoms with van der Waals surface area (Å²) in [6, 6.07) is 3.41. The first-order valence-electron chi connectivity index (χ1n) is 6.59. The number of rotatable bonds is 0. The van der Waals surface area contributed by atoms with Crippen molar-refractivity contribution in [1.82, 2.24) is 0 Å². The van der Waals surface area contributed by atoms with Crippen molar-refractivity contribution in [2.24, 2.45) is 5.92 Å². The molecule has 0 bridgehead atoms. The fourth-order valence-electron chi connectivity index (χ4n) is 3.32. The van der Waals surface area contributed by atoms with Crippen LogP contribution in [0.4, 0.5) is 15.8 Å². The summed E-state index contributed by atoms with van der Waals surface area (Å²) in [5.74, 6) is 0.541. The van der Waals surface area contributed by atoms with Crippen LogP contribution in [-0.2, 0) is 0 Å². The van der Waals surface area contributed by atoms with Crippen LogP contribution in [0.3, 0.4) is 0 Å². The molecule has 2 nitrogen and oxygen atoms in total. The second kappa shape index (κ2) is 4.41. The van der Waals surface area contributed by atoms with Gasteiger partial charge in [0, 0.05) is 12.6 Å². The first kappa shape index (κ1) is 12.3. The lowest BCUT2D eigenvalue weighted by Gasteiger charge is -2.45. The minimum atomic E-state index is -0.205. The average molecular weight is 313 g/mol. The summed E-state index contributed by atoms with van der Waals surface area (Å²) in [4.78, 5) is 0. The summed E-state index contributed by atoms with van der Waals surface area (Å²) in [6.45, 7) is 3.24. The lowest BCUT2D eigenvalue weighted by atomic mass is 9.75. The lowest BCUT2D eigenvalue weighted by Crippen LogP contribution is -2.50. The Bertz CT molecular complexity index is 477. The third-order valence-corrected chi connectivity index (χ3v) is 4.78. The van der Waals surface area contributed by atoms with E-state index in [2.05, 4.69) is 33.5 Å². The molecule has 18 heavy (non-hydrogen) atoms. The first-order chi connectivity index (χ1) is 8.58. The van der Waals surface area contributed by atoms with Gasteiger partial charge in [0.2, 0.25) is 0 Å². The smallest absolute Gasteiger partial charge is 0.139 e. The monoisotopic (exact) mass is 312 g/mol. The maximum absolute atomic E-state index is 13.6. The largest absolute Gasteiger partial charge is 0.381 e. The maximum atomic E-state index is 13.6. The quantitative estimate of drug-likeness (QED) is 0.743. The Kier molecular flexibility index (Phi) is 3.00. The molecule has 1 heterocycles. The number of benzene rings is 1. The summed E-state index contributed by atoms with van der Waals surface area (Å²) in [6.07, 6.45) is 4.90. The zero-order valence-electron chi connectivity index (χ0n) is 10.5. The summed E-state index contributed by atoms with van der Waals surface area (Å²) < 4.78 is 14.1. The zero-order valence-corrected chi connectivity index (χ0v) is 12.1. The van der Waals surface area contributed by atoms with Gasteiger partial charge in [-0.05, 0) is 40.8 Å². The van der Waals surface area contributed by atoms with Crippen LogP contribution in [0.2, 0.25) is 0 Å². The van der Waals surface area contributed by atoms with Gasteiger partial charge in [-0.2, -0.15) is 0 Å². The standard InChI is InChI=1S/C14H18BrFN2/c1-9-3-2-4-14(7-9)8-17-12-5-10(15)11(16)6-13(12)18-14/h5-6,9,17-18H,2-4,7-8H2,1H3. The van der Waals surface area contributed by atoms with E-state index in [0.29, 0.717) is 4.47 Å². The highest BCUT2D eigenvalue weighted by molar-refractivity contribution is 9.10. The number of hydrogen-bond acceptors (Lipinski definition) is 2. The molecule has 0 radical (unpaired) electrons.